The summed E-state index contributed by atoms with van der Waals surface area (Å²) in [6.45, 7) is 2.41. The Morgan fingerprint density at radius 2 is 2.05 bits per heavy atom. The second-order valence-electron chi connectivity index (χ2n) is 3.92. The molecule has 20 heavy (non-hydrogen) atoms. The summed E-state index contributed by atoms with van der Waals surface area (Å²) in [6, 6.07) is 8.37. The fraction of sp³-hybridized carbons (Fsp3) is 0.385. The van der Waals surface area contributed by atoms with Crippen molar-refractivity contribution in [2.75, 3.05) is 26.5 Å². The van der Waals surface area contributed by atoms with E-state index in [0.29, 0.717) is 0 Å². The Hall–Kier alpha value is -0.600. The number of nitrogens with one attached hydrogen (secondary N) is 1. The molecular formula is C13H17N3OS3. The van der Waals surface area contributed by atoms with Crippen LogP contribution in [0.4, 0.5) is 0 Å². The quantitative estimate of drug-likeness (QED) is 0.594. The molecule has 0 aliphatic carbocycles. The van der Waals surface area contributed by atoms with Crippen molar-refractivity contribution < 1.29 is 4.74 Å². The summed E-state index contributed by atoms with van der Waals surface area (Å²) in [7, 11) is 1.71. The van der Waals surface area contributed by atoms with Crippen molar-refractivity contribution >= 4 is 34.9 Å². The van der Waals surface area contributed by atoms with Gasteiger partial charge in [0.25, 0.3) is 0 Å². The topological polar surface area (TPSA) is 47.0 Å². The zero-order chi connectivity index (χ0) is 14.2. The zero-order valence-corrected chi connectivity index (χ0v) is 13.9. The van der Waals surface area contributed by atoms with Gasteiger partial charge in [0.05, 0.1) is 6.61 Å². The molecule has 0 aliphatic rings. The third kappa shape index (κ3) is 4.75. The van der Waals surface area contributed by atoms with Crippen molar-refractivity contribution in [3.05, 3.63) is 29.8 Å². The van der Waals surface area contributed by atoms with Gasteiger partial charge >= 0.3 is 0 Å². The van der Waals surface area contributed by atoms with Crippen molar-refractivity contribution in [1.29, 1.82) is 0 Å². The number of nitrogens with zero attached hydrogens (tertiary/aromatic N) is 2. The highest BCUT2D eigenvalue weighted by Gasteiger charge is 2.08. The first-order chi connectivity index (χ1) is 9.83. The second-order valence-corrected chi connectivity index (χ2v) is 7.24. The molecule has 4 nitrogen and oxygen atoms in total. The Balaban J connectivity index is 1.99. The van der Waals surface area contributed by atoms with Gasteiger partial charge in [-0.2, -0.15) is 0 Å². The summed E-state index contributed by atoms with van der Waals surface area (Å²) in [4.78, 5) is 1.22. The molecule has 0 spiro atoms. The van der Waals surface area contributed by atoms with Crippen molar-refractivity contribution in [2.24, 2.45) is 0 Å². The Labute approximate surface area is 131 Å². The van der Waals surface area contributed by atoms with Gasteiger partial charge in [0, 0.05) is 25.1 Å². The first-order valence-electron chi connectivity index (χ1n) is 6.16. The standard InChI is InChI=1S/C13H17N3OS3/c1-17-8-7-14-9-10-5-3-4-6-11(10)19-13-16-15-12(18-2)20-13/h3-6,14H,7-9H2,1-2H3. The minimum Gasteiger partial charge on any atom is -0.383 e. The average Bonchev–Trinajstić information content (AvgIpc) is 2.93. The number of hydrogen-bond acceptors (Lipinski definition) is 7. The van der Waals surface area contributed by atoms with Gasteiger partial charge in [-0.1, -0.05) is 53.1 Å². The Kier molecular flexibility index (Phi) is 6.81. The number of rotatable bonds is 8. The van der Waals surface area contributed by atoms with Crippen LogP contribution in [-0.4, -0.2) is 36.7 Å². The summed E-state index contributed by atoms with van der Waals surface area (Å²) >= 11 is 4.94. The number of benzene rings is 1. The molecule has 1 heterocycles. The molecule has 2 aromatic rings. The van der Waals surface area contributed by atoms with E-state index in [0.717, 1.165) is 28.4 Å². The van der Waals surface area contributed by atoms with Crippen LogP contribution in [0, 0.1) is 0 Å². The molecular weight excluding hydrogens is 310 g/mol. The smallest absolute Gasteiger partial charge is 0.179 e. The van der Waals surface area contributed by atoms with Gasteiger partial charge in [0.15, 0.2) is 8.68 Å². The summed E-state index contributed by atoms with van der Waals surface area (Å²) in [5.74, 6) is 0. The lowest BCUT2D eigenvalue weighted by molar-refractivity contribution is 0.199. The molecule has 2 rings (SSSR count). The maximum absolute atomic E-state index is 5.03. The second kappa shape index (κ2) is 8.63. The van der Waals surface area contributed by atoms with E-state index in [-0.39, 0.29) is 0 Å². The molecule has 0 saturated heterocycles. The van der Waals surface area contributed by atoms with Crippen molar-refractivity contribution in [3.63, 3.8) is 0 Å². The summed E-state index contributed by atoms with van der Waals surface area (Å²) in [6.07, 6.45) is 2.02. The van der Waals surface area contributed by atoms with Gasteiger partial charge in [-0.05, 0) is 17.9 Å². The molecule has 0 aliphatic heterocycles. The van der Waals surface area contributed by atoms with E-state index in [1.165, 1.54) is 10.5 Å². The number of ether oxygens (including phenoxy) is 1. The van der Waals surface area contributed by atoms with Gasteiger partial charge in [-0.3, -0.25) is 0 Å². The van der Waals surface area contributed by atoms with E-state index in [1.54, 1.807) is 42.0 Å². The lowest BCUT2D eigenvalue weighted by Crippen LogP contribution is -2.18. The summed E-state index contributed by atoms with van der Waals surface area (Å²) in [5, 5.41) is 11.7. The van der Waals surface area contributed by atoms with Gasteiger partial charge in [-0.15, -0.1) is 10.2 Å². The molecule has 1 N–H and O–H groups in total. The minimum atomic E-state index is 0.725. The molecule has 7 heteroatoms. The summed E-state index contributed by atoms with van der Waals surface area (Å²) < 4.78 is 7.02. The van der Waals surface area contributed by atoms with E-state index >= 15 is 0 Å². The van der Waals surface area contributed by atoms with Crippen LogP contribution in [0.5, 0.6) is 0 Å². The minimum absolute atomic E-state index is 0.725. The van der Waals surface area contributed by atoms with Crippen molar-refractivity contribution in [3.8, 4) is 0 Å². The highest BCUT2D eigenvalue weighted by Crippen LogP contribution is 2.34. The molecule has 0 saturated carbocycles. The molecule has 1 aromatic heterocycles. The van der Waals surface area contributed by atoms with E-state index in [9.17, 15) is 0 Å². The van der Waals surface area contributed by atoms with Crippen LogP contribution in [-0.2, 0) is 11.3 Å². The molecule has 108 valence electrons. The molecule has 1 aromatic carbocycles. The number of hydrogen-bond donors (Lipinski definition) is 1. The van der Waals surface area contributed by atoms with Gasteiger partial charge in [-0.25, -0.2) is 0 Å². The predicted octanol–water partition coefficient (Wildman–Crippen LogP) is 3.15. The van der Waals surface area contributed by atoms with Crippen LogP contribution in [0.15, 0.2) is 37.8 Å². The first kappa shape index (κ1) is 15.8. The molecule has 0 atom stereocenters. The van der Waals surface area contributed by atoms with Crippen LogP contribution >= 0.6 is 34.9 Å². The van der Waals surface area contributed by atoms with E-state index in [4.69, 9.17) is 4.74 Å². The third-order valence-electron chi connectivity index (χ3n) is 2.53. The number of methoxy groups -OCH3 is 1. The highest BCUT2D eigenvalue weighted by molar-refractivity contribution is 8.03. The summed E-state index contributed by atoms with van der Waals surface area (Å²) in [5.41, 5.74) is 1.27. The highest BCUT2D eigenvalue weighted by atomic mass is 32.2. The van der Waals surface area contributed by atoms with Crippen LogP contribution in [0.25, 0.3) is 0 Å². The fourth-order valence-electron chi connectivity index (χ4n) is 1.56. The molecule has 0 amide bonds. The zero-order valence-electron chi connectivity index (χ0n) is 11.5. The Bertz CT molecular complexity index is 533. The first-order valence-corrected chi connectivity index (χ1v) is 9.02. The van der Waals surface area contributed by atoms with Crippen LogP contribution < -0.4 is 5.32 Å². The molecule has 0 unspecified atom stereocenters. The van der Waals surface area contributed by atoms with Gasteiger partial charge in [0.1, 0.15) is 0 Å². The lowest BCUT2D eigenvalue weighted by atomic mass is 10.2. The van der Waals surface area contributed by atoms with Crippen molar-refractivity contribution in [1.82, 2.24) is 15.5 Å². The molecule has 0 fully saturated rings. The maximum atomic E-state index is 5.03. The fourth-order valence-corrected chi connectivity index (χ4v) is 4.09. The monoisotopic (exact) mass is 327 g/mol. The molecule has 0 bridgehead atoms. The van der Waals surface area contributed by atoms with Gasteiger partial charge in [0.2, 0.25) is 0 Å². The lowest BCUT2D eigenvalue weighted by Gasteiger charge is -2.08. The van der Waals surface area contributed by atoms with E-state index in [1.807, 2.05) is 6.26 Å². The normalized spacial score (nSPS) is 10.9. The molecule has 0 radical (unpaired) electrons. The predicted molar refractivity (Wildman–Crippen MR) is 85.8 cm³/mol. The maximum Gasteiger partial charge on any atom is 0.179 e. The third-order valence-corrected chi connectivity index (χ3v) is 5.60. The van der Waals surface area contributed by atoms with E-state index < -0.39 is 0 Å². The van der Waals surface area contributed by atoms with Gasteiger partial charge < -0.3 is 10.1 Å². The van der Waals surface area contributed by atoms with Crippen LogP contribution in [0.2, 0.25) is 0 Å². The Morgan fingerprint density at radius 1 is 1.25 bits per heavy atom. The largest absolute Gasteiger partial charge is 0.383 e. The number of aromatic nitrogens is 2. The number of thioether (sulfide) groups is 1. The average molecular weight is 328 g/mol. The van der Waals surface area contributed by atoms with Crippen LogP contribution in [0.1, 0.15) is 5.56 Å². The van der Waals surface area contributed by atoms with Crippen molar-refractivity contribution in [2.45, 2.75) is 20.1 Å². The Morgan fingerprint density at radius 3 is 2.80 bits per heavy atom. The van der Waals surface area contributed by atoms with Crippen LogP contribution in [0.3, 0.4) is 0 Å². The SMILES string of the molecule is COCCNCc1ccccc1Sc1nnc(SC)s1. The van der Waals surface area contributed by atoms with E-state index in [2.05, 4.69) is 39.8 Å².